The quantitative estimate of drug-likeness (QED) is 0.143. The molecule has 7 aromatic rings. The minimum Gasteiger partial charge on any atom is -0.440 e. The third-order valence-corrected chi connectivity index (χ3v) is 11.9. The number of hydrogen-bond donors (Lipinski definition) is 0. The lowest BCUT2D eigenvalue weighted by molar-refractivity contribution is 0.418. The Morgan fingerprint density at radius 1 is 0.542 bits per heavy atom. The van der Waals surface area contributed by atoms with Crippen LogP contribution >= 0.6 is 0 Å². The second kappa shape index (κ2) is 14.4. The van der Waals surface area contributed by atoms with Crippen LogP contribution in [0.5, 0.6) is 23.3 Å². The highest BCUT2D eigenvalue weighted by Gasteiger charge is 2.43. The van der Waals surface area contributed by atoms with Crippen LogP contribution in [0.2, 0.25) is 0 Å². The number of rotatable bonds is 8. The Kier molecular flexibility index (Phi) is 9.41. The molecule has 0 fully saturated rings. The summed E-state index contributed by atoms with van der Waals surface area (Å²) in [6.07, 6.45) is 8.31. The molecular weight excluding hydrogens is 727 g/mol. The molecule has 3 aromatic heterocycles. The summed E-state index contributed by atoms with van der Waals surface area (Å²) in [5.74, 6) is 4.74. The molecule has 298 valence electrons. The van der Waals surface area contributed by atoms with Crippen LogP contribution in [0.4, 0.5) is 0 Å². The zero-order chi connectivity index (χ0) is 41.5. The van der Waals surface area contributed by atoms with Gasteiger partial charge in [0.25, 0.3) is 6.71 Å². The molecule has 0 spiro atoms. The van der Waals surface area contributed by atoms with E-state index in [9.17, 15) is 0 Å². The van der Waals surface area contributed by atoms with E-state index in [1.807, 2.05) is 33.9 Å². The molecule has 8 nitrogen and oxygen atoms in total. The number of aromatic nitrogens is 6. The summed E-state index contributed by atoms with van der Waals surface area (Å²) in [5.41, 5.74) is 14.5. The van der Waals surface area contributed by atoms with Crippen LogP contribution < -0.4 is 25.9 Å². The van der Waals surface area contributed by atoms with E-state index in [0.29, 0.717) is 41.3 Å². The second-order valence-electron chi connectivity index (χ2n) is 18.5. The minimum absolute atomic E-state index is 0.255. The van der Waals surface area contributed by atoms with Crippen molar-refractivity contribution in [1.82, 2.24) is 29.5 Å². The van der Waals surface area contributed by atoms with E-state index in [4.69, 9.17) is 29.6 Å². The summed E-state index contributed by atoms with van der Waals surface area (Å²) in [6.45, 7) is 24.1. The largest absolute Gasteiger partial charge is 0.440 e. The van der Waals surface area contributed by atoms with Crippen LogP contribution in [0.3, 0.4) is 0 Å². The van der Waals surface area contributed by atoms with E-state index in [1.165, 1.54) is 33.4 Å². The zero-order valence-electron chi connectivity index (χ0n) is 36.1. The molecule has 2 aliphatic heterocycles. The molecule has 0 unspecified atom stereocenters. The molecule has 0 bridgehead atoms. The number of nitrogens with zero attached hydrogens (tertiary/aromatic N) is 6. The third kappa shape index (κ3) is 6.65. The van der Waals surface area contributed by atoms with Gasteiger partial charge in [-0.3, -0.25) is 0 Å². The SMILES string of the molecule is CC(C)c1cccc(C(C)C)c1-c1cnn(-c2ccc3c(c2)B2c4cc(-n5cc(-c6c(C(C)C)cccc6C(C)C)cn5)ccc4Oc4nc(C(C)(C)C)nc(c42)O3)c1. The van der Waals surface area contributed by atoms with Gasteiger partial charge in [-0.05, 0) is 104 Å². The maximum atomic E-state index is 6.67. The van der Waals surface area contributed by atoms with Crippen LogP contribution in [0.15, 0.2) is 97.6 Å². The zero-order valence-corrected chi connectivity index (χ0v) is 36.1. The van der Waals surface area contributed by atoms with Gasteiger partial charge in [0.1, 0.15) is 17.3 Å². The smallest absolute Gasteiger partial charge is 0.265 e. The summed E-state index contributed by atoms with van der Waals surface area (Å²) < 4.78 is 17.3. The first-order valence-corrected chi connectivity index (χ1v) is 21.1. The van der Waals surface area contributed by atoms with Crippen LogP contribution in [0, 0.1) is 0 Å². The van der Waals surface area contributed by atoms with Crippen molar-refractivity contribution in [1.29, 1.82) is 0 Å². The van der Waals surface area contributed by atoms with Crippen molar-refractivity contribution >= 4 is 23.1 Å². The number of benzene rings is 4. The van der Waals surface area contributed by atoms with Gasteiger partial charge in [-0.25, -0.2) is 9.36 Å². The fourth-order valence-corrected chi connectivity index (χ4v) is 8.80. The highest BCUT2D eigenvalue weighted by atomic mass is 16.5. The van der Waals surface area contributed by atoms with Crippen molar-refractivity contribution in [2.45, 2.75) is 105 Å². The third-order valence-electron chi connectivity index (χ3n) is 11.9. The topological polar surface area (TPSA) is 79.9 Å². The summed E-state index contributed by atoms with van der Waals surface area (Å²) in [5, 5.41) is 9.90. The molecule has 9 heteroatoms. The molecule has 0 saturated carbocycles. The summed E-state index contributed by atoms with van der Waals surface area (Å²) >= 11 is 0. The van der Waals surface area contributed by atoms with Crippen molar-refractivity contribution in [2.75, 3.05) is 0 Å². The van der Waals surface area contributed by atoms with Crippen LogP contribution in [0.25, 0.3) is 33.6 Å². The van der Waals surface area contributed by atoms with Crippen LogP contribution in [-0.4, -0.2) is 36.2 Å². The monoisotopic (exact) mass is 780 g/mol. The first kappa shape index (κ1) is 38.6. The highest BCUT2D eigenvalue weighted by molar-refractivity contribution is 6.98. The van der Waals surface area contributed by atoms with Gasteiger partial charge < -0.3 is 9.47 Å². The number of fused-ring (bicyclic) bond motifs is 4. The maximum Gasteiger partial charge on any atom is 0.265 e. The van der Waals surface area contributed by atoms with E-state index in [1.54, 1.807) is 0 Å². The lowest BCUT2D eigenvalue weighted by Crippen LogP contribution is -2.58. The molecule has 0 N–H and O–H groups in total. The lowest BCUT2D eigenvalue weighted by atomic mass is 9.35. The van der Waals surface area contributed by atoms with Gasteiger partial charge in [0.15, 0.2) is 0 Å². The first-order chi connectivity index (χ1) is 28.2. The predicted molar refractivity (Wildman–Crippen MR) is 240 cm³/mol. The highest BCUT2D eigenvalue weighted by Crippen LogP contribution is 2.39. The van der Waals surface area contributed by atoms with E-state index >= 15 is 0 Å². The number of ether oxygens (including phenoxy) is 2. The molecule has 2 aliphatic rings. The Bertz CT molecular complexity index is 2520. The maximum absolute atomic E-state index is 6.67. The van der Waals surface area contributed by atoms with E-state index in [2.05, 4.69) is 149 Å². The molecule has 0 radical (unpaired) electrons. The van der Waals surface area contributed by atoms with Gasteiger partial charge >= 0.3 is 0 Å². The Labute approximate surface area is 348 Å². The van der Waals surface area contributed by atoms with E-state index < -0.39 is 0 Å². The fraction of sp³-hybridized carbons (Fsp3) is 0.320. The van der Waals surface area contributed by atoms with Gasteiger partial charge in [-0.15, -0.1) is 0 Å². The van der Waals surface area contributed by atoms with Gasteiger partial charge in [-0.2, -0.15) is 20.2 Å². The molecular formula is C50H53BN6O2. The average Bonchev–Trinajstić information content (AvgIpc) is 3.90. The summed E-state index contributed by atoms with van der Waals surface area (Å²) in [6, 6.07) is 26.0. The standard InChI is InChI=1S/C50H53BN6O2/c1-28(2)36-14-12-15-37(29(3)4)44(36)32-24-52-56(26-32)34-18-20-42-40(22-34)51-41-23-35(19-21-43(41)59-48-46(51)47(58-42)54-49(55-48)50(9,10)11)57-27-33(25-53-57)45-38(30(5)6)16-13-17-39(45)31(7)8/h12-31H,1-11H3. The van der Waals surface area contributed by atoms with E-state index in [0.717, 1.165) is 50.4 Å². The molecule has 9 rings (SSSR count). The Balaban J connectivity index is 1.17. The molecule has 59 heavy (non-hydrogen) atoms. The van der Waals surface area contributed by atoms with Crippen molar-refractivity contribution in [2.24, 2.45) is 0 Å². The predicted octanol–water partition coefficient (Wildman–Crippen LogP) is 10.7. The van der Waals surface area contributed by atoms with Crippen molar-refractivity contribution in [3.05, 3.63) is 126 Å². The van der Waals surface area contributed by atoms with Gasteiger partial charge in [0.05, 0.1) is 29.2 Å². The first-order valence-electron chi connectivity index (χ1n) is 21.1. The normalized spacial score (nSPS) is 13.2. The molecule has 0 amide bonds. The summed E-state index contributed by atoms with van der Waals surface area (Å²) in [7, 11) is 0. The second-order valence-corrected chi connectivity index (χ2v) is 18.5. The van der Waals surface area contributed by atoms with E-state index in [-0.39, 0.29) is 12.1 Å². The Morgan fingerprint density at radius 3 is 1.29 bits per heavy atom. The van der Waals surface area contributed by atoms with Crippen LogP contribution in [0.1, 0.15) is 128 Å². The molecule has 4 aromatic carbocycles. The molecule has 0 atom stereocenters. The Hall–Kier alpha value is -5.96. The van der Waals surface area contributed by atoms with Gasteiger partial charge in [-0.1, -0.05) is 113 Å². The van der Waals surface area contributed by atoms with Crippen LogP contribution in [-0.2, 0) is 5.41 Å². The Morgan fingerprint density at radius 2 is 0.932 bits per heavy atom. The molecule has 0 saturated heterocycles. The van der Waals surface area contributed by atoms with Crippen molar-refractivity contribution < 1.29 is 9.47 Å². The van der Waals surface area contributed by atoms with Crippen molar-refractivity contribution in [3.63, 3.8) is 0 Å². The number of hydrogen-bond acceptors (Lipinski definition) is 6. The van der Waals surface area contributed by atoms with Crippen molar-refractivity contribution in [3.8, 4) is 56.9 Å². The average molecular weight is 781 g/mol. The minimum atomic E-state index is -0.315. The van der Waals surface area contributed by atoms with Gasteiger partial charge in [0.2, 0.25) is 11.8 Å². The fourth-order valence-electron chi connectivity index (χ4n) is 8.80. The molecule has 5 heterocycles. The lowest BCUT2D eigenvalue weighted by Gasteiger charge is -2.33. The summed E-state index contributed by atoms with van der Waals surface area (Å²) in [4.78, 5) is 10.1. The van der Waals surface area contributed by atoms with Gasteiger partial charge in [0, 0.05) is 28.9 Å². The molecule has 0 aliphatic carbocycles.